The molecule has 0 saturated heterocycles. The number of hydrogen-bond acceptors (Lipinski definition) is 5. The molecule has 1 aromatic rings. The van der Waals surface area contributed by atoms with Gasteiger partial charge in [-0.25, -0.2) is 4.79 Å². The van der Waals surface area contributed by atoms with Gasteiger partial charge in [0, 0.05) is 19.8 Å². The number of carbonyl (C=O) groups is 2. The lowest BCUT2D eigenvalue weighted by Gasteiger charge is -2.11. The number of benzene rings is 1. The third-order valence-corrected chi connectivity index (χ3v) is 2.58. The molecule has 2 amide bonds. The summed E-state index contributed by atoms with van der Waals surface area (Å²) >= 11 is 0. The van der Waals surface area contributed by atoms with Gasteiger partial charge in [-0.1, -0.05) is 12.1 Å². The van der Waals surface area contributed by atoms with Gasteiger partial charge in [0.05, 0.1) is 6.61 Å². The van der Waals surface area contributed by atoms with E-state index < -0.39 is 12.0 Å². The number of alkyl carbamates (subject to hydrolysis) is 1. The summed E-state index contributed by atoms with van der Waals surface area (Å²) in [6.07, 6.45) is 0.542. The molecule has 0 unspecified atom stereocenters. The third-order valence-electron chi connectivity index (χ3n) is 2.58. The molecular weight excluding hydrogens is 270 g/mol. The highest BCUT2D eigenvalue weighted by atomic mass is 16.5. The van der Waals surface area contributed by atoms with Crippen molar-refractivity contribution in [2.24, 2.45) is 0 Å². The lowest BCUT2D eigenvalue weighted by atomic mass is 10.1. The van der Waals surface area contributed by atoms with E-state index in [0.717, 1.165) is 5.69 Å². The van der Waals surface area contributed by atoms with Gasteiger partial charge in [-0.3, -0.25) is 10.1 Å². The first-order valence-corrected chi connectivity index (χ1v) is 6.35. The maximum Gasteiger partial charge on any atom is 0.414 e. The summed E-state index contributed by atoms with van der Waals surface area (Å²) in [7, 11) is 3.83. The van der Waals surface area contributed by atoms with Crippen molar-refractivity contribution in [2.45, 2.75) is 6.92 Å². The lowest BCUT2D eigenvalue weighted by Crippen LogP contribution is -2.31. The van der Waals surface area contributed by atoms with E-state index in [4.69, 9.17) is 5.26 Å². The van der Waals surface area contributed by atoms with Crippen LogP contribution in [0.4, 0.5) is 10.5 Å². The van der Waals surface area contributed by atoms with E-state index in [1.54, 1.807) is 25.1 Å². The Morgan fingerprint density at radius 3 is 2.43 bits per heavy atom. The highest BCUT2D eigenvalue weighted by Gasteiger charge is 2.13. The van der Waals surface area contributed by atoms with Gasteiger partial charge < -0.3 is 9.64 Å². The van der Waals surface area contributed by atoms with Gasteiger partial charge in [0.15, 0.2) is 0 Å². The van der Waals surface area contributed by atoms with Gasteiger partial charge in [-0.05, 0) is 30.7 Å². The Balaban J connectivity index is 2.86. The number of amides is 2. The fourth-order valence-corrected chi connectivity index (χ4v) is 1.51. The number of hydrogen-bond donors (Lipinski definition) is 1. The molecular formula is C15H17N3O3. The highest BCUT2D eigenvalue weighted by molar-refractivity contribution is 6.07. The summed E-state index contributed by atoms with van der Waals surface area (Å²) < 4.78 is 4.59. The smallest absolute Gasteiger partial charge is 0.414 e. The van der Waals surface area contributed by atoms with Crippen LogP contribution in [-0.2, 0) is 9.53 Å². The molecule has 6 heteroatoms. The van der Waals surface area contributed by atoms with Gasteiger partial charge in [-0.15, -0.1) is 0 Å². The molecule has 0 radical (unpaired) electrons. The third kappa shape index (κ3) is 4.99. The predicted octanol–water partition coefficient (Wildman–Crippen LogP) is 1.93. The lowest BCUT2D eigenvalue weighted by molar-refractivity contribution is -0.116. The van der Waals surface area contributed by atoms with Gasteiger partial charge in [0.2, 0.25) is 0 Å². The van der Waals surface area contributed by atoms with Crippen LogP contribution in [0, 0.1) is 11.3 Å². The molecule has 0 aliphatic heterocycles. The predicted molar refractivity (Wildman–Crippen MR) is 79.5 cm³/mol. The van der Waals surface area contributed by atoms with Gasteiger partial charge in [-0.2, -0.15) is 5.26 Å². The number of carbonyl (C=O) groups excluding carboxylic acids is 2. The Hall–Kier alpha value is -2.81. The van der Waals surface area contributed by atoms with Crippen LogP contribution in [0.15, 0.2) is 29.8 Å². The fourth-order valence-electron chi connectivity index (χ4n) is 1.51. The van der Waals surface area contributed by atoms with Crippen molar-refractivity contribution in [1.82, 2.24) is 5.32 Å². The molecule has 21 heavy (non-hydrogen) atoms. The maximum atomic E-state index is 11.7. The first-order valence-electron chi connectivity index (χ1n) is 6.35. The van der Waals surface area contributed by atoms with Gasteiger partial charge in [0.25, 0.3) is 5.91 Å². The number of ether oxygens (including phenoxy) is 1. The second kappa shape index (κ2) is 7.70. The average Bonchev–Trinajstić information content (AvgIpc) is 2.45. The summed E-state index contributed by atoms with van der Waals surface area (Å²) in [5.74, 6) is -0.785. The Kier molecular flexibility index (Phi) is 5.96. The number of nitrogens with one attached hydrogen (secondary N) is 1. The van der Waals surface area contributed by atoms with Gasteiger partial charge in [0.1, 0.15) is 11.6 Å². The van der Waals surface area contributed by atoms with Crippen molar-refractivity contribution in [3.05, 3.63) is 35.4 Å². The highest BCUT2D eigenvalue weighted by Crippen LogP contribution is 2.14. The van der Waals surface area contributed by atoms with E-state index in [1.165, 1.54) is 6.08 Å². The fraction of sp³-hybridized carbons (Fsp3) is 0.267. The van der Waals surface area contributed by atoms with E-state index in [0.29, 0.717) is 5.56 Å². The first kappa shape index (κ1) is 16.2. The number of rotatable bonds is 4. The molecule has 1 rings (SSSR count). The van der Waals surface area contributed by atoms with Crippen molar-refractivity contribution in [2.75, 3.05) is 25.6 Å². The molecule has 1 N–H and O–H groups in total. The first-order chi connectivity index (χ1) is 9.97. The Bertz CT molecular complexity index is 583. The average molecular weight is 287 g/mol. The van der Waals surface area contributed by atoms with Crippen molar-refractivity contribution < 1.29 is 14.3 Å². The zero-order valence-corrected chi connectivity index (χ0v) is 12.2. The molecule has 0 spiro atoms. The van der Waals surface area contributed by atoms with Crippen LogP contribution in [0.3, 0.4) is 0 Å². The Morgan fingerprint density at radius 2 is 1.95 bits per heavy atom. The summed E-state index contributed by atoms with van der Waals surface area (Å²) in [6.45, 7) is 1.77. The molecule has 0 aliphatic rings. The van der Waals surface area contributed by atoms with Crippen LogP contribution in [0.5, 0.6) is 0 Å². The Morgan fingerprint density at radius 1 is 1.33 bits per heavy atom. The molecule has 0 aliphatic carbocycles. The molecule has 110 valence electrons. The summed E-state index contributed by atoms with van der Waals surface area (Å²) in [4.78, 5) is 24.8. The molecule has 0 saturated carbocycles. The normalized spacial score (nSPS) is 10.5. The van der Waals surface area contributed by atoms with Crippen LogP contribution in [0.2, 0.25) is 0 Å². The number of anilines is 1. The quantitative estimate of drug-likeness (QED) is 0.676. The second-order valence-corrected chi connectivity index (χ2v) is 4.33. The molecule has 0 atom stereocenters. The van der Waals surface area contributed by atoms with E-state index in [9.17, 15) is 9.59 Å². The molecule has 6 nitrogen and oxygen atoms in total. The van der Waals surface area contributed by atoms with Crippen molar-refractivity contribution in [1.29, 1.82) is 5.26 Å². The minimum atomic E-state index is -0.869. The molecule has 0 heterocycles. The topological polar surface area (TPSA) is 82.4 Å². The molecule has 0 bridgehead atoms. The van der Waals surface area contributed by atoms with Crippen molar-refractivity contribution >= 4 is 23.8 Å². The second-order valence-electron chi connectivity index (χ2n) is 4.33. The van der Waals surface area contributed by atoms with Crippen LogP contribution in [0.25, 0.3) is 6.08 Å². The minimum Gasteiger partial charge on any atom is -0.450 e. The summed E-state index contributed by atoms with van der Waals surface area (Å²) in [6, 6.07) is 9.06. The minimum absolute atomic E-state index is 0.150. The van der Waals surface area contributed by atoms with E-state index in [2.05, 4.69) is 4.74 Å². The van der Waals surface area contributed by atoms with Crippen LogP contribution in [-0.4, -0.2) is 32.7 Å². The van der Waals surface area contributed by atoms with Crippen LogP contribution in [0.1, 0.15) is 12.5 Å². The Labute approximate surface area is 123 Å². The van der Waals surface area contributed by atoms with Crippen molar-refractivity contribution in [3.63, 3.8) is 0 Å². The largest absolute Gasteiger partial charge is 0.450 e. The van der Waals surface area contributed by atoms with Crippen LogP contribution < -0.4 is 10.2 Å². The van der Waals surface area contributed by atoms with Crippen LogP contribution >= 0.6 is 0 Å². The molecule has 0 fully saturated rings. The number of nitriles is 1. The maximum absolute atomic E-state index is 11.7. The van der Waals surface area contributed by atoms with E-state index >= 15 is 0 Å². The number of nitrogens with zero attached hydrogens (tertiary/aromatic N) is 2. The van der Waals surface area contributed by atoms with Gasteiger partial charge >= 0.3 is 6.09 Å². The molecule has 0 aromatic heterocycles. The van der Waals surface area contributed by atoms with E-state index in [1.807, 2.05) is 36.4 Å². The molecule has 1 aromatic carbocycles. The standard InChI is InChI=1S/C15H17N3O3/c1-4-21-15(20)17-14(19)12(10-16)9-11-5-7-13(8-6-11)18(2)3/h5-9H,4H2,1-3H3,(H,17,19,20)/b12-9-. The number of imide groups is 1. The summed E-state index contributed by atoms with van der Waals surface area (Å²) in [5, 5.41) is 11.0. The van der Waals surface area contributed by atoms with Crippen molar-refractivity contribution in [3.8, 4) is 6.07 Å². The SMILES string of the molecule is CCOC(=O)NC(=O)/C(C#N)=C\c1ccc(N(C)C)cc1. The monoisotopic (exact) mass is 287 g/mol. The zero-order chi connectivity index (χ0) is 15.8. The summed E-state index contributed by atoms with van der Waals surface area (Å²) in [5.41, 5.74) is 1.53. The van der Waals surface area contributed by atoms with E-state index in [-0.39, 0.29) is 12.2 Å². The zero-order valence-electron chi connectivity index (χ0n) is 12.2.